The van der Waals surface area contributed by atoms with E-state index >= 15 is 0 Å². The maximum absolute atomic E-state index is 11.9. The highest BCUT2D eigenvalue weighted by molar-refractivity contribution is 9.10. The van der Waals surface area contributed by atoms with Crippen LogP contribution in [-0.4, -0.2) is 36.0 Å². The van der Waals surface area contributed by atoms with Gasteiger partial charge in [0.1, 0.15) is 5.75 Å². The first kappa shape index (κ1) is 23.7. The molecule has 0 aliphatic carbocycles. The van der Waals surface area contributed by atoms with Gasteiger partial charge in [0.2, 0.25) is 11.9 Å². The maximum Gasteiger partial charge on any atom is 0.303 e. The van der Waals surface area contributed by atoms with Crippen LogP contribution >= 0.6 is 15.9 Å². The summed E-state index contributed by atoms with van der Waals surface area (Å²) in [4.78, 5) is 23.8. The molecule has 0 saturated carbocycles. The molecule has 1 aliphatic heterocycles. The molecule has 7 heteroatoms. The van der Waals surface area contributed by atoms with Gasteiger partial charge in [-0.2, -0.15) is 0 Å². The van der Waals surface area contributed by atoms with Crippen molar-refractivity contribution in [3.63, 3.8) is 0 Å². The number of ether oxygens (including phenoxy) is 4. The lowest BCUT2D eigenvalue weighted by Crippen LogP contribution is -2.65. The molecule has 1 saturated heterocycles. The molecule has 0 radical (unpaired) electrons. The lowest BCUT2D eigenvalue weighted by atomic mass is 9.81. The van der Waals surface area contributed by atoms with Gasteiger partial charge in [0.05, 0.1) is 6.10 Å². The minimum atomic E-state index is -1.30. The SMILES string of the molecule is CC[C@H]1O[C@H](Oc2ccc(Br)cc2C(C)C)[C@@](C)(OC(C)=O)[C@@H](OC(C)=O)[C@@H]1C. The third-order valence-electron chi connectivity index (χ3n) is 5.28. The molecule has 1 heterocycles. The molecule has 29 heavy (non-hydrogen) atoms. The van der Waals surface area contributed by atoms with Crippen LogP contribution in [0.4, 0.5) is 0 Å². The first-order valence-corrected chi connectivity index (χ1v) is 10.8. The number of esters is 2. The molecule has 0 amide bonds. The molecule has 1 aromatic carbocycles. The summed E-state index contributed by atoms with van der Waals surface area (Å²) in [5.74, 6) is -0.275. The predicted octanol–water partition coefficient (Wildman–Crippen LogP) is 4.98. The number of carbonyl (C=O) groups excluding carboxylic acids is 2. The topological polar surface area (TPSA) is 71.1 Å². The van der Waals surface area contributed by atoms with Crippen molar-refractivity contribution in [2.24, 2.45) is 5.92 Å². The molecule has 1 aromatic rings. The van der Waals surface area contributed by atoms with Gasteiger partial charge in [0, 0.05) is 24.2 Å². The Morgan fingerprint density at radius 1 is 1.24 bits per heavy atom. The minimum Gasteiger partial charge on any atom is -0.460 e. The molecule has 2 rings (SSSR count). The molecule has 0 bridgehead atoms. The van der Waals surface area contributed by atoms with E-state index in [1.54, 1.807) is 6.92 Å². The van der Waals surface area contributed by atoms with Gasteiger partial charge in [0.25, 0.3) is 0 Å². The van der Waals surface area contributed by atoms with Gasteiger partial charge in [0.15, 0.2) is 6.10 Å². The van der Waals surface area contributed by atoms with Crippen molar-refractivity contribution in [2.45, 2.75) is 84.9 Å². The van der Waals surface area contributed by atoms with E-state index in [0.717, 1.165) is 10.0 Å². The second kappa shape index (κ2) is 9.47. The van der Waals surface area contributed by atoms with Crippen molar-refractivity contribution in [3.8, 4) is 5.75 Å². The molecule has 0 N–H and O–H groups in total. The number of hydrogen-bond donors (Lipinski definition) is 0. The zero-order valence-electron chi connectivity index (χ0n) is 18.2. The van der Waals surface area contributed by atoms with Crippen LogP contribution in [0.2, 0.25) is 0 Å². The fourth-order valence-corrected chi connectivity index (χ4v) is 4.27. The van der Waals surface area contributed by atoms with Crippen LogP contribution < -0.4 is 4.74 Å². The van der Waals surface area contributed by atoms with Crippen LogP contribution in [-0.2, 0) is 23.8 Å². The first-order chi connectivity index (χ1) is 13.5. The van der Waals surface area contributed by atoms with Gasteiger partial charge < -0.3 is 18.9 Å². The molecule has 0 aromatic heterocycles. The number of benzene rings is 1. The molecule has 0 spiro atoms. The van der Waals surface area contributed by atoms with Crippen molar-refractivity contribution >= 4 is 27.9 Å². The van der Waals surface area contributed by atoms with Crippen LogP contribution in [0.15, 0.2) is 22.7 Å². The van der Waals surface area contributed by atoms with E-state index in [1.165, 1.54) is 13.8 Å². The van der Waals surface area contributed by atoms with Gasteiger partial charge in [-0.1, -0.05) is 43.6 Å². The molecule has 1 fully saturated rings. The Hall–Kier alpha value is -1.60. The Bertz CT molecular complexity index is 749. The second-order valence-electron chi connectivity index (χ2n) is 8.04. The van der Waals surface area contributed by atoms with E-state index in [4.69, 9.17) is 18.9 Å². The molecule has 1 aliphatic rings. The van der Waals surface area contributed by atoms with E-state index < -0.39 is 29.9 Å². The minimum absolute atomic E-state index is 0.178. The highest BCUT2D eigenvalue weighted by Crippen LogP contribution is 2.41. The van der Waals surface area contributed by atoms with E-state index in [-0.39, 0.29) is 17.9 Å². The Labute approximate surface area is 181 Å². The summed E-state index contributed by atoms with van der Waals surface area (Å²) in [6.07, 6.45) is -1.15. The highest BCUT2D eigenvalue weighted by Gasteiger charge is 2.57. The Morgan fingerprint density at radius 2 is 1.90 bits per heavy atom. The number of halogens is 1. The zero-order valence-corrected chi connectivity index (χ0v) is 19.7. The quantitative estimate of drug-likeness (QED) is 0.546. The largest absolute Gasteiger partial charge is 0.460 e. The number of rotatable bonds is 6. The highest BCUT2D eigenvalue weighted by atomic mass is 79.9. The predicted molar refractivity (Wildman–Crippen MR) is 113 cm³/mol. The van der Waals surface area contributed by atoms with Gasteiger partial charge in [-0.25, -0.2) is 0 Å². The fraction of sp³-hybridized carbons (Fsp3) is 0.636. The number of hydrogen-bond acceptors (Lipinski definition) is 6. The third-order valence-corrected chi connectivity index (χ3v) is 5.78. The smallest absolute Gasteiger partial charge is 0.303 e. The van der Waals surface area contributed by atoms with Crippen molar-refractivity contribution in [3.05, 3.63) is 28.2 Å². The molecule has 6 nitrogen and oxygen atoms in total. The van der Waals surface area contributed by atoms with Crippen LogP contribution in [0.25, 0.3) is 0 Å². The van der Waals surface area contributed by atoms with Crippen LogP contribution in [0.5, 0.6) is 5.75 Å². The normalized spacial score (nSPS) is 29.4. The van der Waals surface area contributed by atoms with Crippen molar-refractivity contribution in [1.82, 2.24) is 0 Å². The fourth-order valence-electron chi connectivity index (χ4n) is 3.89. The van der Waals surface area contributed by atoms with E-state index in [0.29, 0.717) is 12.2 Å². The summed E-state index contributed by atoms with van der Waals surface area (Å²) in [7, 11) is 0. The average Bonchev–Trinajstić information content (AvgIpc) is 2.61. The van der Waals surface area contributed by atoms with Crippen molar-refractivity contribution in [1.29, 1.82) is 0 Å². The van der Waals surface area contributed by atoms with Gasteiger partial charge >= 0.3 is 11.9 Å². The Kier molecular flexibility index (Phi) is 7.74. The van der Waals surface area contributed by atoms with Gasteiger partial charge in [-0.15, -0.1) is 0 Å². The van der Waals surface area contributed by atoms with Crippen LogP contribution in [0.3, 0.4) is 0 Å². The molecule has 5 atom stereocenters. The Morgan fingerprint density at radius 3 is 2.41 bits per heavy atom. The van der Waals surface area contributed by atoms with E-state index in [1.807, 2.05) is 32.0 Å². The third kappa shape index (κ3) is 5.31. The van der Waals surface area contributed by atoms with Crippen LogP contribution in [0, 0.1) is 5.92 Å². The van der Waals surface area contributed by atoms with Gasteiger partial charge in [-0.05, 0) is 43.0 Å². The standard InChI is InChI=1S/C22H31BrO6/c1-8-18-13(4)20(26-14(5)24)22(7,29-15(6)25)21(27-18)28-19-10-9-16(23)11-17(19)12(2)3/h9-13,18,20-21H,8H2,1-7H3/t13-,18-,20+,21-,22+/m1/s1. The molecule has 0 unspecified atom stereocenters. The summed E-state index contributed by atoms with van der Waals surface area (Å²) >= 11 is 3.50. The zero-order chi connectivity index (χ0) is 21.9. The average molecular weight is 471 g/mol. The molecular formula is C22H31BrO6. The summed E-state index contributed by atoms with van der Waals surface area (Å²) in [5, 5.41) is 0. The summed E-state index contributed by atoms with van der Waals surface area (Å²) in [5.41, 5.74) is -0.312. The van der Waals surface area contributed by atoms with Crippen molar-refractivity contribution < 1.29 is 28.5 Å². The lowest BCUT2D eigenvalue weighted by Gasteiger charge is -2.50. The summed E-state index contributed by atoms with van der Waals surface area (Å²) in [6.45, 7) is 12.4. The van der Waals surface area contributed by atoms with Crippen LogP contribution in [0.1, 0.15) is 66.4 Å². The van der Waals surface area contributed by atoms with E-state index in [2.05, 4.69) is 29.8 Å². The Balaban J connectivity index is 2.51. The van der Waals surface area contributed by atoms with Gasteiger partial charge in [-0.3, -0.25) is 9.59 Å². The first-order valence-electron chi connectivity index (χ1n) is 9.97. The number of carbonyl (C=O) groups is 2. The second-order valence-corrected chi connectivity index (χ2v) is 8.95. The maximum atomic E-state index is 11.9. The summed E-state index contributed by atoms with van der Waals surface area (Å²) < 4.78 is 24.8. The molecule has 162 valence electrons. The lowest BCUT2D eigenvalue weighted by molar-refractivity contribution is -0.305. The molecular weight excluding hydrogens is 440 g/mol. The summed E-state index contributed by atoms with van der Waals surface area (Å²) in [6, 6.07) is 5.74. The van der Waals surface area contributed by atoms with Crippen molar-refractivity contribution in [2.75, 3.05) is 0 Å². The monoisotopic (exact) mass is 470 g/mol. The van der Waals surface area contributed by atoms with E-state index in [9.17, 15) is 9.59 Å².